The molecule has 2 amide bonds. The molecule has 2 aliphatic rings. The summed E-state index contributed by atoms with van der Waals surface area (Å²) in [6.07, 6.45) is 2.31. The molecule has 0 aliphatic carbocycles. The predicted molar refractivity (Wildman–Crippen MR) is 100 cm³/mol. The van der Waals surface area contributed by atoms with E-state index in [2.05, 4.69) is 22.2 Å². The molecular weight excluding hydrogens is 316 g/mol. The quantitative estimate of drug-likeness (QED) is 0.908. The second kappa shape index (κ2) is 8.54. The maximum atomic E-state index is 12.6. The van der Waals surface area contributed by atoms with Crippen LogP contribution in [0.4, 0.5) is 10.5 Å². The number of carbonyl (C=O) groups is 1. The minimum Gasteiger partial charge on any atom is -0.497 e. The molecule has 1 aromatic carbocycles. The average molecular weight is 346 g/mol. The summed E-state index contributed by atoms with van der Waals surface area (Å²) < 4.78 is 5.15. The number of likely N-dealkylation sites (N-methyl/N-ethyl adjacent to an activating group) is 1. The van der Waals surface area contributed by atoms with Crippen molar-refractivity contribution < 1.29 is 9.53 Å². The Bertz CT molecular complexity index is 555. The van der Waals surface area contributed by atoms with Crippen LogP contribution >= 0.6 is 0 Å². The van der Waals surface area contributed by atoms with Crippen LogP contribution in [-0.4, -0.2) is 80.7 Å². The highest BCUT2D eigenvalue weighted by molar-refractivity contribution is 5.89. The van der Waals surface area contributed by atoms with Crippen LogP contribution in [0.1, 0.15) is 12.8 Å². The lowest BCUT2D eigenvalue weighted by Crippen LogP contribution is -2.49. The fourth-order valence-corrected chi connectivity index (χ4v) is 3.67. The van der Waals surface area contributed by atoms with Crippen LogP contribution in [0, 0.1) is 5.92 Å². The van der Waals surface area contributed by atoms with Crippen molar-refractivity contribution in [3.63, 3.8) is 0 Å². The normalized spacial score (nSPS) is 22.6. The summed E-state index contributed by atoms with van der Waals surface area (Å²) in [6, 6.07) is 7.49. The Labute approximate surface area is 150 Å². The zero-order valence-corrected chi connectivity index (χ0v) is 15.4. The molecule has 2 fully saturated rings. The van der Waals surface area contributed by atoms with E-state index in [-0.39, 0.29) is 6.03 Å². The zero-order valence-electron chi connectivity index (χ0n) is 15.4. The van der Waals surface area contributed by atoms with E-state index in [0.717, 1.165) is 63.7 Å². The van der Waals surface area contributed by atoms with E-state index in [4.69, 9.17) is 4.74 Å². The van der Waals surface area contributed by atoms with Crippen LogP contribution in [0.2, 0.25) is 0 Å². The van der Waals surface area contributed by atoms with E-state index in [1.54, 1.807) is 7.11 Å². The maximum absolute atomic E-state index is 12.6. The van der Waals surface area contributed by atoms with Gasteiger partial charge in [-0.25, -0.2) is 4.79 Å². The highest BCUT2D eigenvalue weighted by Gasteiger charge is 2.26. The molecule has 25 heavy (non-hydrogen) atoms. The second-order valence-corrected chi connectivity index (χ2v) is 7.22. The first-order chi connectivity index (χ1) is 12.1. The van der Waals surface area contributed by atoms with E-state index in [1.807, 2.05) is 29.2 Å². The van der Waals surface area contributed by atoms with Crippen molar-refractivity contribution in [1.29, 1.82) is 0 Å². The summed E-state index contributed by atoms with van der Waals surface area (Å²) >= 11 is 0. The number of rotatable bonds is 4. The van der Waals surface area contributed by atoms with E-state index >= 15 is 0 Å². The highest BCUT2D eigenvalue weighted by atomic mass is 16.5. The van der Waals surface area contributed by atoms with Gasteiger partial charge < -0.3 is 24.8 Å². The molecule has 0 unspecified atom stereocenters. The molecule has 1 N–H and O–H groups in total. The first-order valence-corrected chi connectivity index (χ1v) is 9.25. The van der Waals surface area contributed by atoms with E-state index in [0.29, 0.717) is 5.92 Å². The van der Waals surface area contributed by atoms with Gasteiger partial charge in [0.15, 0.2) is 0 Å². The first kappa shape index (κ1) is 18.0. The van der Waals surface area contributed by atoms with Gasteiger partial charge in [-0.1, -0.05) is 0 Å². The number of piperidine rings is 1. The molecule has 0 radical (unpaired) electrons. The molecule has 2 heterocycles. The van der Waals surface area contributed by atoms with Gasteiger partial charge in [0.1, 0.15) is 5.75 Å². The molecule has 6 nitrogen and oxygen atoms in total. The SMILES string of the molecule is COc1ccc(NC(=O)N2CCC[C@@H](CN3CCN(C)CC3)C2)cc1. The van der Waals surface area contributed by atoms with Gasteiger partial charge in [0, 0.05) is 51.5 Å². The van der Waals surface area contributed by atoms with Crippen molar-refractivity contribution in [2.24, 2.45) is 5.92 Å². The number of urea groups is 1. The summed E-state index contributed by atoms with van der Waals surface area (Å²) in [5.74, 6) is 1.38. The average Bonchev–Trinajstić information content (AvgIpc) is 2.64. The fourth-order valence-electron chi connectivity index (χ4n) is 3.67. The highest BCUT2D eigenvalue weighted by Crippen LogP contribution is 2.20. The Morgan fingerprint density at radius 3 is 2.56 bits per heavy atom. The molecule has 1 aromatic rings. The third-order valence-electron chi connectivity index (χ3n) is 5.26. The van der Waals surface area contributed by atoms with Crippen LogP contribution in [0.25, 0.3) is 0 Å². The monoisotopic (exact) mass is 346 g/mol. The number of nitrogens with one attached hydrogen (secondary N) is 1. The maximum Gasteiger partial charge on any atom is 0.321 e. The Morgan fingerprint density at radius 1 is 1.16 bits per heavy atom. The van der Waals surface area contributed by atoms with Crippen molar-refractivity contribution in [3.8, 4) is 5.75 Å². The van der Waals surface area contributed by atoms with E-state index in [9.17, 15) is 4.79 Å². The van der Waals surface area contributed by atoms with Crippen LogP contribution < -0.4 is 10.1 Å². The molecule has 0 bridgehead atoms. The summed E-state index contributed by atoms with van der Waals surface area (Å²) in [7, 11) is 3.82. The van der Waals surface area contributed by atoms with Crippen molar-refractivity contribution in [1.82, 2.24) is 14.7 Å². The molecule has 138 valence electrons. The first-order valence-electron chi connectivity index (χ1n) is 9.25. The molecule has 1 atom stereocenters. The lowest BCUT2D eigenvalue weighted by atomic mass is 9.97. The number of hydrogen-bond donors (Lipinski definition) is 1. The number of amides is 2. The summed E-state index contributed by atoms with van der Waals surface area (Å²) in [6.45, 7) is 7.40. The van der Waals surface area contributed by atoms with Gasteiger partial charge in [-0.2, -0.15) is 0 Å². The van der Waals surface area contributed by atoms with Crippen LogP contribution in [0.15, 0.2) is 24.3 Å². The number of anilines is 1. The fraction of sp³-hybridized carbons (Fsp3) is 0.632. The van der Waals surface area contributed by atoms with Crippen LogP contribution in [-0.2, 0) is 0 Å². The van der Waals surface area contributed by atoms with Gasteiger partial charge in [-0.3, -0.25) is 0 Å². The van der Waals surface area contributed by atoms with Crippen LogP contribution in [0.3, 0.4) is 0 Å². The Balaban J connectivity index is 1.49. The number of nitrogens with zero attached hydrogens (tertiary/aromatic N) is 3. The summed E-state index contributed by atoms with van der Waals surface area (Å²) in [5, 5.41) is 3.00. The molecule has 0 spiro atoms. The van der Waals surface area contributed by atoms with Gasteiger partial charge >= 0.3 is 6.03 Å². The molecular formula is C19H30N4O2. The Kier molecular flexibility index (Phi) is 6.15. The van der Waals surface area contributed by atoms with Gasteiger partial charge in [0.25, 0.3) is 0 Å². The van der Waals surface area contributed by atoms with E-state index in [1.165, 1.54) is 6.42 Å². The number of likely N-dealkylation sites (tertiary alicyclic amines) is 1. The summed E-state index contributed by atoms with van der Waals surface area (Å²) in [5.41, 5.74) is 0.812. The van der Waals surface area contributed by atoms with Crippen molar-refractivity contribution in [2.75, 3.05) is 65.3 Å². The Morgan fingerprint density at radius 2 is 1.88 bits per heavy atom. The standard InChI is InChI=1S/C19H30N4O2/c1-21-10-12-22(13-11-21)14-16-4-3-9-23(15-16)19(24)20-17-5-7-18(25-2)8-6-17/h5-8,16H,3-4,9-15H2,1-2H3,(H,20,24)/t16-/m0/s1. The van der Waals surface area contributed by atoms with Gasteiger partial charge in [-0.05, 0) is 50.1 Å². The molecule has 2 aliphatic heterocycles. The Hall–Kier alpha value is -1.79. The van der Waals surface area contributed by atoms with E-state index < -0.39 is 0 Å². The molecule has 0 saturated carbocycles. The summed E-state index contributed by atoms with van der Waals surface area (Å²) in [4.78, 5) is 19.5. The molecule has 6 heteroatoms. The minimum atomic E-state index is 0.00763. The lowest BCUT2D eigenvalue weighted by Gasteiger charge is -2.38. The molecule has 3 rings (SSSR count). The molecule has 2 saturated heterocycles. The van der Waals surface area contributed by atoms with Crippen LogP contribution in [0.5, 0.6) is 5.75 Å². The third kappa shape index (κ3) is 5.09. The molecule has 0 aromatic heterocycles. The largest absolute Gasteiger partial charge is 0.497 e. The second-order valence-electron chi connectivity index (χ2n) is 7.22. The third-order valence-corrected chi connectivity index (χ3v) is 5.26. The zero-order chi connectivity index (χ0) is 17.6. The van der Waals surface area contributed by atoms with Gasteiger partial charge in [0.05, 0.1) is 7.11 Å². The van der Waals surface area contributed by atoms with Crippen molar-refractivity contribution in [3.05, 3.63) is 24.3 Å². The van der Waals surface area contributed by atoms with Gasteiger partial charge in [-0.15, -0.1) is 0 Å². The van der Waals surface area contributed by atoms with Gasteiger partial charge in [0.2, 0.25) is 0 Å². The van der Waals surface area contributed by atoms with Crippen molar-refractivity contribution in [2.45, 2.75) is 12.8 Å². The number of carbonyl (C=O) groups excluding carboxylic acids is 1. The number of methoxy groups -OCH3 is 1. The number of hydrogen-bond acceptors (Lipinski definition) is 4. The predicted octanol–water partition coefficient (Wildman–Crippen LogP) is 2.19. The number of piperazine rings is 1. The smallest absolute Gasteiger partial charge is 0.321 e. The number of ether oxygens (including phenoxy) is 1. The topological polar surface area (TPSA) is 48.1 Å². The minimum absolute atomic E-state index is 0.00763. The lowest BCUT2D eigenvalue weighted by molar-refractivity contribution is 0.109. The number of benzene rings is 1. The van der Waals surface area contributed by atoms with Crippen molar-refractivity contribution >= 4 is 11.7 Å².